The summed E-state index contributed by atoms with van der Waals surface area (Å²) in [6.07, 6.45) is 2.68. The van der Waals surface area contributed by atoms with Gasteiger partial charge in [0.25, 0.3) is 0 Å². The quantitative estimate of drug-likeness (QED) is 0.0695. The van der Waals surface area contributed by atoms with Gasteiger partial charge in [0.1, 0.15) is 6.04 Å². The maximum Gasteiger partial charge on any atom is 0.320 e. The van der Waals surface area contributed by atoms with Gasteiger partial charge in [-0.15, -0.1) is 0 Å². The first-order valence-corrected chi connectivity index (χ1v) is 18.6. The summed E-state index contributed by atoms with van der Waals surface area (Å²) in [7, 11) is 0. The third kappa shape index (κ3) is 22.1. The smallest absolute Gasteiger partial charge is 0.320 e. The Hall–Kier alpha value is -1.83. The third-order valence-electron chi connectivity index (χ3n) is 9.36. The molecule has 0 saturated carbocycles. The lowest BCUT2D eigenvalue weighted by Gasteiger charge is -2.49. The van der Waals surface area contributed by atoms with Crippen molar-refractivity contribution in [2.24, 2.45) is 16.7 Å². The van der Waals surface area contributed by atoms with Crippen molar-refractivity contribution in [2.75, 3.05) is 46.0 Å². The third-order valence-corrected chi connectivity index (χ3v) is 9.36. The molecule has 0 aliphatic rings. The van der Waals surface area contributed by atoms with E-state index < -0.39 is 42.6 Å². The zero-order valence-corrected chi connectivity index (χ0v) is 34.9. The summed E-state index contributed by atoms with van der Waals surface area (Å²) in [6, 6.07) is -1.20. The summed E-state index contributed by atoms with van der Waals surface area (Å²) in [5.74, 6) is -3.74. The number of nitrogens with zero attached hydrogens (tertiary/aromatic N) is 1. The normalized spacial score (nSPS) is 15.5. The molecule has 12 nitrogen and oxygen atoms in total. The Morgan fingerprint density at radius 1 is 0.706 bits per heavy atom. The average molecular weight is 733 g/mol. The molecule has 0 heterocycles. The lowest BCUT2D eigenvalue weighted by molar-refractivity contribution is -0.195. The Kier molecular flexibility index (Phi) is 19.8. The number of carboxylic acids is 3. The van der Waals surface area contributed by atoms with Crippen molar-refractivity contribution in [3.8, 4) is 0 Å². The standard InChI is InChI=1S/C39H76N2O10/c1-34(2,3)22-29(27-50-37(10,11)19-21-48-35(4,5)6)51-39(14,15)38(12,13)28(26-49-36(7,8)9)23-40-20-17-16-18-30(33(46)47)41(24-31(42)43)25-32(44)45/h28-30,40H,16-27H2,1-15H3,(H,42,43)(H,44,45)(H,46,47). The summed E-state index contributed by atoms with van der Waals surface area (Å²) in [5, 5.41) is 31.6. The van der Waals surface area contributed by atoms with Gasteiger partial charge in [-0.05, 0) is 112 Å². The molecule has 3 atom stereocenters. The Morgan fingerprint density at radius 3 is 1.69 bits per heavy atom. The van der Waals surface area contributed by atoms with Crippen LogP contribution in [0, 0.1) is 16.7 Å². The van der Waals surface area contributed by atoms with Crippen LogP contribution in [0.15, 0.2) is 0 Å². The highest BCUT2D eigenvalue weighted by Gasteiger charge is 2.46. The molecule has 51 heavy (non-hydrogen) atoms. The number of carbonyl (C=O) groups is 3. The van der Waals surface area contributed by atoms with Crippen LogP contribution in [-0.2, 0) is 33.3 Å². The molecule has 0 aliphatic heterocycles. The van der Waals surface area contributed by atoms with Crippen molar-refractivity contribution >= 4 is 17.9 Å². The van der Waals surface area contributed by atoms with Crippen molar-refractivity contribution in [1.82, 2.24) is 10.2 Å². The number of rotatable bonds is 26. The summed E-state index contributed by atoms with van der Waals surface area (Å²) in [5.41, 5.74) is -1.85. The zero-order chi connectivity index (χ0) is 40.1. The fraction of sp³-hybridized carbons (Fsp3) is 0.923. The minimum Gasteiger partial charge on any atom is -0.480 e. The minimum absolute atomic E-state index is 0.0158. The largest absolute Gasteiger partial charge is 0.480 e. The molecule has 0 rings (SSSR count). The minimum atomic E-state index is -1.27. The van der Waals surface area contributed by atoms with E-state index in [4.69, 9.17) is 18.9 Å². The molecule has 0 amide bonds. The van der Waals surface area contributed by atoms with Crippen LogP contribution < -0.4 is 5.32 Å². The van der Waals surface area contributed by atoms with Crippen LogP contribution >= 0.6 is 0 Å². The van der Waals surface area contributed by atoms with E-state index in [0.717, 1.165) is 17.7 Å². The van der Waals surface area contributed by atoms with E-state index in [1.165, 1.54) is 0 Å². The molecule has 0 aromatic heterocycles. The van der Waals surface area contributed by atoms with Crippen LogP contribution in [-0.4, -0.2) is 119 Å². The highest BCUT2D eigenvalue weighted by molar-refractivity contribution is 5.78. The van der Waals surface area contributed by atoms with E-state index in [9.17, 15) is 29.7 Å². The number of hydrogen-bond acceptors (Lipinski definition) is 9. The second kappa shape index (κ2) is 20.6. The molecule has 0 spiro atoms. The molecule has 12 heteroatoms. The fourth-order valence-corrected chi connectivity index (χ4v) is 5.69. The lowest BCUT2D eigenvalue weighted by atomic mass is 9.67. The van der Waals surface area contributed by atoms with E-state index >= 15 is 0 Å². The van der Waals surface area contributed by atoms with Crippen molar-refractivity contribution in [3.05, 3.63) is 0 Å². The van der Waals surface area contributed by atoms with Crippen molar-refractivity contribution in [3.63, 3.8) is 0 Å². The first-order chi connectivity index (χ1) is 22.9. The summed E-state index contributed by atoms with van der Waals surface area (Å²) in [6.45, 7) is 33.3. The highest BCUT2D eigenvalue weighted by Crippen LogP contribution is 2.43. The molecule has 0 radical (unpaired) electrons. The van der Waals surface area contributed by atoms with E-state index in [0.29, 0.717) is 45.8 Å². The van der Waals surface area contributed by atoms with Crippen LogP contribution in [0.2, 0.25) is 0 Å². The molecule has 0 aliphatic carbocycles. The van der Waals surface area contributed by atoms with Crippen LogP contribution in [0.4, 0.5) is 0 Å². The van der Waals surface area contributed by atoms with Gasteiger partial charge in [-0.2, -0.15) is 0 Å². The monoisotopic (exact) mass is 733 g/mol. The fourth-order valence-electron chi connectivity index (χ4n) is 5.69. The molecule has 0 aromatic rings. The van der Waals surface area contributed by atoms with Gasteiger partial charge in [0.05, 0.1) is 54.8 Å². The molecule has 0 saturated heterocycles. The van der Waals surface area contributed by atoms with Gasteiger partial charge in [0.2, 0.25) is 0 Å². The Bertz CT molecular complexity index is 1040. The predicted molar refractivity (Wildman–Crippen MR) is 201 cm³/mol. The predicted octanol–water partition coefficient (Wildman–Crippen LogP) is 6.73. The zero-order valence-electron chi connectivity index (χ0n) is 34.9. The van der Waals surface area contributed by atoms with Gasteiger partial charge < -0.3 is 39.6 Å². The summed E-state index contributed by atoms with van der Waals surface area (Å²) >= 11 is 0. The maximum atomic E-state index is 11.9. The van der Waals surface area contributed by atoms with Crippen molar-refractivity contribution in [2.45, 2.75) is 171 Å². The summed E-state index contributed by atoms with van der Waals surface area (Å²) < 4.78 is 25.8. The van der Waals surface area contributed by atoms with E-state index in [2.05, 4.69) is 88.4 Å². The average Bonchev–Trinajstić information content (AvgIpc) is 2.89. The van der Waals surface area contributed by atoms with Gasteiger partial charge in [0, 0.05) is 19.1 Å². The molecule has 4 N–H and O–H groups in total. The second-order valence-corrected chi connectivity index (χ2v) is 18.9. The first kappa shape index (κ1) is 49.2. The number of carboxylic acid groups (broad SMARTS) is 3. The topological polar surface area (TPSA) is 164 Å². The summed E-state index contributed by atoms with van der Waals surface area (Å²) in [4.78, 5) is 35.4. The molecule has 302 valence electrons. The van der Waals surface area contributed by atoms with Crippen molar-refractivity contribution in [1.29, 1.82) is 0 Å². The number of aliphatic carboxylic acids is 3. The van der Waals surface area contributed by atoms with Crippen LogP contribution in [0.25, 0.3) is 0 Å². The number of unbranched alkanes of at least 4 members (excludes halogenated alkanes) is 1. The molecular weight excluding hydrogens is 656 g/mol. The number of nitrogens with one attached hydrogen (secondary N) is 1. The maximum absolute atomic E-state index is 11.9. The SMILES string of the molecule is CC(C)(C)CC(COC(C)(C)CCOC(C)(C)C)OC(C)(C)C(C)(C)C(CNCCCCC(C(=O)O)N(CC(=O)O)CC(=O)O)COC(C)(C)C. The first-order valence-electron chi connectivity index (χ1n) is 18.6. The number of ether oxygens (including phenoxy) is 4. The second-order valence-electron chi connectivity index (χ2n) is 18.9. The Morgan fingerprint density at radius 2 is 1.24 bits per heavy atom. The van der Waals surface area contributed by atoms with E-state index in [1.54, 1.807) is 0 Å². The van der Waals surface area contributed by atoms with Crippen LogP contribution in [0.1, 0.15) is 136 Å². The van der Waals surface area contributed by atoms with Crippen LogP contribution in [0.5, 0.6) is 0 Å². The van der Waals surface area contributed by atoms with Gasteiger partial charge in [-0.3, -0.25) is 19.3 Å². The van der Waals surface area contributed by atoms with Crippen molar-refractivity contribution < 1.29 is 48.7 Å². The van der Waals surface area contributed by atoms with Gasteiger partial charge in [-0.1, -0.05) is 41.0 Å². The molecule has 0 bridgehead atoms. The Balaban J connectivity index is 5.74. The van der Waals surface area contributed by atoms with Gasteiger partial charge in [-0.25, -0.2) is 0 Å². The van der Waals surface area contributed by atoms with E-state index in [-0.39, 0.29) is 46.1 Å². The highest BCUT2D eigenvalue weighted by atomic mass is 16.6. The molecule has 0 aromatic carbocycles. The molecular formula is C39H76N2O10. The molecule has 0 fully saturated rings. The van der Waals surface area contributed by atoms with E-state index in [1.807, 2.05) is 20.8 Å². The number of hydrogen-bond donors (Lipinski definition) is 4. The van der Waals surface area contributed by atoms with Gasteiger partial charge >= 0.3 is 17.9 Å². The van der Waals surface area contributed by atoms with Gasteiger partial charge in [0.15, 0.2) is 0 Å². The molecule has 3 unspecified atom stereocenters. The van der Waals surface area contributed by atoms with Crippen LogP contribution in [0.3, 0.4) is 0 Å². The Labute approximate surface area is 309 Å². The lowest BCUT2D eigenvalue weighted by Crippen LogP contribution is -2.53.